The third-order valence-electron chi connectivity index (χ3n) is 5.09. The van der Waals surface area contributed by atoms with Crippen LogP contribution in [-0.2, 0) is 13.0 Å². The van der Waals surface area contributed by atoms with Crippen LogP contribution in [0, 0.1) is 6.92 Å². The van der Waals surface area contributed by atoms with E-state index < -0.39 is 0 Å². The Labute approximate surface area is 179 Å². The van der Waals surface area contributed by atoms with Crippen LogP contribution in [0.25, 0.3) is 22.4 Å². The Kier molecular flexibility index (Phi) is 5.70. The van der Waals surface area contributed by atoms with Crippen LogP contribution in [0.3, 0.4) is 0 Å². The van der Waals surface area contributed by atoms with Crippen molar-refractivity contribution in [3.8, 4) is 22.9 Å². The summed E-state index contributed by atoms with van der Waals surface area (Å²) >= 11 is 0. The predicted molar refractivity (Wildman–Crippen MR) is 117 cm³/mol. The molecule has 8 nitrogen and oxygen atoms in total. The van der Waals surface area contributed by atoms with Crippen molar-refractivity contribution >= 4 is 11.0 Å². The molecule has 8 heteroatoms. The van der Waals surface area contributed by atoms with Gasteiger partial charge in [-0.25, -0.2) is 4.98 Å². The molecule has 0 aliphatic heterocycles. The normalized spacial score (nSPS) is 11.1. The number of aromatic nitrogens is 4. The van der Waals surface area contributed by atoms with Gasteiger partial charge in [0.1, 0.15) is 5.69 Å². The third kappa shape index (κ3) is 4.01. The van der Waals surface area contributed by atoms with Gasteiger partial charge in [-0.15, -0.1) is 0 Å². The Morgan fingerprint density at radius 2 is 1.84 bits per heavy atom. The van der Waals surface area contributed by atoms with Gasteiger partial charge in [-0.1, -0.05) is 18.1 Å². The lowest BCUT2D eigenvalue weighted by atomic mass is 10.1. The van der Waals surface area contributed by atoms with Gasteiger partial charge in [-0.05, 0) is 49.2 Å². The van der Waals surface area contributed by atoms with E-state index in [2.05, 4.69) is 15.1 Å². The molecule has 0 spiro atoms. The van der Waals surface area contributed by atoms with Crippen LogP contribution >= 0.6 is 0 Å². The minimum absolute atomic E-state index is 0.0566. The summed E-state index contributed by atoms with van der Waals surface area (Å²) in [5, 5.41) is 4.13. The van der Waals surface area contributed by atoms with Crippen LogP contribution < -0.4 is 15.0 Å². The number of aryl methyl sites for hydroxylation is 2. The summed E-state index contributed by atoms with van der Waals surface area (Å²) in [6, 6.07) is 11.3. The van der Waals surface area contributed by atoms with E-state index in [4.69, 9.17) is 14.0 Å². The molecule has 0 bridgehead atoms. The molecule has 2 aromatic heterocycles. The second-order valence-electron chi connectivity index (χ2n) is 7.24. The van der Waals surface area contributed by atoms with E-state index in [0.717, 1.165) is 28.6 Å². The number of hydrogen-bond acceptors (Lipinski definition) is 7. The van der Waals surface area contributed by atoms with Crippen molar-refractivity contribution in [1.29, 1.82) is 0 Å². The number of fused-ring (bicyclic) bond motifs is 1. The molecule has 0 radical (unpaired) electrons. The summed E-state index contributed by atoms with van der Waals surface area (Å²) < 4.78 is 17.9. The van der Waals surface area contributed by atoms with Crippen molar-refractivity contribution in [2.75, 3.05) is 14.2 Å². The first-order valence-corrected chi connectivity index (χ1v) is 10.1. The van der Waals surface area contributed by atoms with Crippen LogP contribution in [0.4, 0.5) is 0 Å². The monoisotopic (exact) mass is 420 g/mol. The zero-order chi connectivity index (χ0) is 22.0. The van der Waals surface area contributed by atoms with E-state index >= 15 is 0 Å². The molecule has 0 saturated heterocycles. The Morgan fingerprint density at radius 1 is 1.03 bits per heavy atom. The second-order valence-corrected chi connectivity index (χ2v) is 7.24. The molecule has 4 aromatic rings. The highest BCUT2D eigenvalue weighted by Gasteiger charge is 2.14. The lowest BCUT2D eigenvalue weighted by molar-refractivity contribution is 0.354. The number of nitrogens with zero attached hydrogens (tertiary/aromatic N) is 4. The highest BCUT2D eigenvalue weighted by Crippen LogP contribution is 2.29. The summed E-state index contributed by atoms with van der Waals surface area (Å²) in [5.74, 6) is 2.28. The van der Waals surface area contributed by atoms with Crippen molar-refractivity contribution in [2.45, 2.75) is 33.2 Å². The predicted octanol–water partition coefficient (Wildman–Crippen LogP) is 3.77. The van der Waals surface area contributed by atoms with Gasteiger partial charge in [-0.3, -0.25) is 4.79 Å². The van der Waals surface area contributed by atoms with Gasteiger partial charge in [0.15, 0.2) is 11.5 Å². The first-order chi connectivity index (χ1) is 15.0. The summed E-state index contributed by atoms with van der Waals surface area (Å²) in [4.78, 5) is 21.4. The van der Waals surface area contributed by atoms with Crippen LogP contribution in [-0.4, -0.2) is 33.9 Å². The van der Waals surface area contributed by atoms with Crippen molar-refractivity contribution in [3.63, 3.8) is 0 Å². The number of methoxy groups -OCH3 is 2. The maximum atomic E-state index is 12.4. The lowest BCUT2D eigenvalue weighted by Gasteiger charge is -2.10. The molecule has 31 heavy (non-hydrogen) atoms. The van der Waals surface area contributed by atoms with E-state index in [1.165, 1.54) is 0 Å². The summed E-state index contributed by atoms with van der Waals surface area (Å²) in [5.41, 5.74) is 3.69. The van der Waals surface area contributed by atoms with Gasteiger partial charge in [0, 0.05) is 12.1 Å². The van der Waals surface area contributed by atoms with Gasteiger partial charge < -0.3 is 18.6 Å². The lowest BCUT2D eigenvalue weighted by Crippen LogP contribution is -2.24. The van der Waals surface area contributed by atoms with Crippen molar-refractivity contribution in [3.05, 3.63) is 63.9 Å². The van der Waals surface area contributed by atoms with Gasteiger partial charge in [0.25, 0.3) is 5.56 Å². The standard InChI is InChI=1S/C23H24N4O4/c1-5-10-27-18-8-7-16(13-17(18)24-14(2)23(27)28)22-25-21(31-26-22)12-15-6-9-19(29-3)20(11-15)30-4/h6-9,11,13H,5,10,12H2,1-4H3. The zero-order valence-corrected chi connectivity index (χ0v) is 18.0. The maximum Gasteiger partial charge on any atom is 0.272 e. The van der Waals surface area contributed by atoms with E-state index in [1.54, 1.807) is 25.7 Å². The van der Waals surface area contributed by atoms with Gasteiger partial charge in [0.05, 0.1) is 31.7 Å². The van der Waals surface area contributed by atoms with Gasteiger partial charge in [0.2, 0.25) is 11.7 Å². The fourth-order valence-corrected chi connectivity index (χ4v) is 3.57. The van der Waals surface area contributed by atoms with Crippen molar-refractivity contribution in [1.82, 2.24) is 19.7 Å². The molecule has 2 heterocycles. The third-order valence-corrected chi connectivity index (χ3v) is 5.09. The molecule has 0 aliphatic rings. The smallest absolute Gasteiger partial charge is 0.272 e. The van der Waals surface area contributed by atoms with Crippen LogP contribution in [0.5, 0.6) is 11.5 Å². The number of rotatable bonds is 7. The zero-order valence-electron chi connectivity index (χ0n) is 18.0. The van der Waals surface area contributed by atoms with Crippen LogP contribution in [0.2, 0.25) is 0 Å². The van der Waals surface area contributed by atoms with Crippen molar-refractivity contribution < 1.29 is 14.0 Å². The first kappa shape index (κ1) is 20.6. The average Bonchev–Trinajstić information content (AvgIpc) is 3.25. The molecule has 160 valence electrons. The molecule has 2 aromatic carbocycles. The molecule has 0 atom stereocenters. The fourth-order valence-electron chi connectivity index (χ4n) is 3.57. The summed E-state index contributed by atoms with van der Waals surface area (Å²) in [6.45, 7) is 4.42. The molecular formula is C23H24N4O4. The highest BCUT2D eigenvalue weighted by molar-refractivity contribution is 5.80. The van der Waals surface area contributed by atoms with E-state index in [9.17, 15) is 4.79 Å². The fraction of sp³-hybridized carbons (Fsp3) is 0.304. The Bertz CT molecular complexity index is 1290. The Morgan fingerprint density at radius 3 is 2.58 bits per heavy atom. The number of ether oxygens (including phenoxy) is 2. The SMILES string of the molecule is CCCn1c(=O)c(C)nc2cc(-c3noc(Cc4ccc(OC)c(OC)c4)n3)ccc21. The molecular weight excluding hydrogens is 396 g/mol. The number of benzene rings is 2. The van der Waals surface area contributed by atoms with E-state index in [1.807, 2.05) is 43.3 Å². The molecule has 0 aliphatic carbocycles. The molecule has 4 rings (SSSR count). The average molecular weight is 420 g/mol. The minimum Gasteiger partial charge on any atom is -0.493 e. The van der Waals surface area contributed by atoms with Crippen LogP contribution in [0.1, 0.15) is 30.5 Å². The Hall–Kier alpha value is -3.68. The summed E-state index contributed by atoms with van der Waals surface area (Å²) in [7, 11) is 3.20. The molecule has 0 N–H and O–H groups in total. The second kappa shape index (κ2) is 8.59. The highest BCUT2D eigenvalue weighted by atomic mass is 16.5. The van der Waals surface area contributed by atoms with Crippen LogP contribution in [0.15, 0.2) is 45.7 Å². The molecule has 0 unspecified atom stereocenters. The molecule has 0 fully saturated rings. The maximum absolute atomic E-state index is 12.4. The minimum atomic E-state index is -0.0566. The van der Waals surface area contributed by atoms with E-state index in [-0.39, 0.29) is 5.56 Å². The molecule has 0 saturated carbocycles. The van der Waals surface area contributed by atoms with Gasteiger partial charge >= 0.3 is 0 Å². The number of hydrogen-bond donors (Lipinski definition) is 0. The first-order valence-electron chi connectivity index (χ1n) is 10.1. The quantitative estimate of drug-likeness (QED) is 0.449. The summed E-state index contributed by atoms with van der Waals surface area (Å²) in [6.07, 6.45) is 1.33. The molecule has 0 amide bonds. The topological polar surface area (TPSA) is 92.3 Å². The Balaban J connectivity index is 1.64. The largest absolute Gasteiger partial charge is 0.493 e. The van der Waals surface area contributed by atoms with Crippen molar-refractivity contribution in [2.24, 2.45) is 0 Å². The van der Waals surface area contributed by atoms with E-state index in [0.29, 0.717) is 41.9 Å². The van der Waals surface area contributed by atoms with Gasteiger partial charge in [-0.2, -0.15) is 4.98 Å².